The molecule has 15 heavy (non-hydrogen) atoms. The Morgan fingerprint density at radius 3 is 2.47 bits per heavy atom. The largest absolute Gasteiger partial charge is 0.481 e. The summed E-state index contributed by atoms with van der Waals surface area (Å²) < 4.78 is 1.02. The predicted octanol–water partition coefficient (Wildman–Crippen LogP) is 2.61. The average molecular weight is 272 g/mol. The molecule has 0 amide bonds. The highest BCUT2D eigenvalue weighted by Crippen LogP contribution is 2.18. The van der Waals surface area contributed by atoms with Crippen molar-refractivity contribution in [2.75, 3.05) is 18.5 Å². The van der Waals surface area contributed by atoms with Gasteiger partial charge in [0.2, 0.25) is 0 Å². The minimum absolute atomic E-state index is 0.362. The van der Waals surface area contributed by atoms with Crippen LogP contribution >= 0.6 is 15.9 Å². The predicted molar refractivity (Wildman–Crippen MR) is 64.2 cm³/mol. The fourth-order valence-corrected chi connectivity index (χ4v) is 1.55. The topological polar surface area (TPSA) is 40.5 Å². The van der Waals surface area contributed by atoms with E-state index in [9.17, 15) is 4.79 Å². The van der Waals surface area contributed by atoms with Crippen LogP contribution in [0.15, 0.2) is 28.7 Å². The van der Waals surface area contributed by atoms with Crippen LogP contribution in [0.5, 0.6) is 0 Å². The number of nitrogens with zero attached hydrogens (tertiary/aromatic N) is 1. The van der Waals surface area contributed by atoms with Crippen molar-refractivity contribution < 1.29 is 9.90 Å². The van der Waals surface area contributed by atoms with Crippen molar-refractivity contribution in [2.24, 2.45) is 5.92 Å². The molecule has 0 saturated heterocycles. The quantitative estimate of drug-likeness (QED) is 0.915. The van der Waals surface area contributed by atoms with Gasteiger partial charge >= 0.3 is 5.97 Å². The molecule has 1 rings (SSSR count). The molecule has 3 nitrogen and oxygen atoms in total. The number of aliphatic carboxylic acids is 1. The first-order valence-corrected chi connectivity index (χ1v) is 5.49. The summed E-state index contributed by atoms with van der Waals surface area (Å²) in [5.41, 5.74) is 1.02. The van der Waals surface area contributed by atoms with E-state index in [4.69, 9.17) is 5.11 Å². The van der Waals surface area contributed by atoms with Gasteiger partial charge in [-0.25, -0.2) is 0 Å². The third-order valence-electron chi connectivity index (χ3n) is 2.24. The molecule has 1 aromatic rings. The van der Waals surface area contributed by atoms with Crippen LogP contribution in [0.2, 0.25) is 0 Å². The first-order chi connectivity index (χ1) is 7.00. The highest BCUT2D eigenvalue weighted by molar-refractivity contribution is 9.10. The van der Waals surface area contributed by atoms with Crippen LogP contribution in [0, 0.1) is 5.92 Å². The molecule has 0 saturated carbocycles. The fourth-order valence-electron chi connectivity index (χ4n) is 1.29. The second-order valence-electron chi connectivity index (χ2n) is 3.60. The molecule has 82 valence electrons. The number of anilines is 1. The van der Waals surface area contributed by atoms with E-state index in [1.54, 1.807) is 6.92 Å². The van der Waals surface area contributed by atoms with Gasteiger partial charge in [-0.2, -0.15) is 0 Å². The molecule has 0 bridgehead atoms. The van der Waals surface area contributed by atoms with Gasteiger partial charge in [-0.1, -0.05) is 22.9 Å². The molecule has 1 atom stereocenters. The Bertz CT molecular complexity index is 337. The number of carboxylic acids is 1. The first-order valence-electron chi connectivity index (χ1n) is 4.70. The number of carbonyl (C=O) groups is 1. The Balaban J connectivity index is 2.64. The van der Waals surface area contributed by atoms with E-state index in [1.165, 1.54) is 0 Å². The van der Waals surface area contributed by atoms with Crippen molar-refractivity contribution in [3.05, 3.63) is 28.7 Å². The molecule has 0 aliphatic rings. The lowest BCUT2D eigenvalue weighted by Gasteiger charge is -2.21. The normalized spacial score (nSPS) is 12.2. The second kappa shape index (κ2) is 5.16. The van der Waals surface area contributed by atoms with Gasteiger partial charge in [0.05, 0.1) is 5.92 Å². The third kappa shape index (κ3) is 3.55. The second-order valence-corrected chi connectivity index (χ2v) is 4.51. The molecule has 0 heterocycles. The number of carboxylic acid groups (broad SMARTS) is 1. The van der Waals surface area contributed by atoms with Crippen molar-refractivity contribution in [1.82, 2.24) is 0 Å². The van der Waals surface area contributed by atoms with Crippen molar-refractivity contribution >= 4 is 27.6 Å². The van der Waals surface area contributed by atoms with E-state index in [2.05, 4.69) is 15.9 Å². The number of rotatable bonds is 4. The lowest BCUT2D eigenvalue weighted by molar-refractivity contribution is -0.140. The molecule has 1 unspecified atom stereocenters. The number of hydrogen-bond acceptors (Lipinski definition) is 2. The molecule has 1 aromatic carbocycles. The van der Waals surface area contributed by atoms with Crippen LogP contribution in [0.4, 0.5) is 5.69 Å². The number of benzene rings is 1. The first kappa shape index (κ1) is 12.0. The molecule has 1 N–H and O–H groups in total. The van der Waals surface area contributed by atoms with Gasteiger partial charge in [0, 0.05) is 23.8 Å². The summed E-state index contributed by atoms with van der Waals surface area (Å²) in [4.78, 5) is 12.6. The van der Waals surface area contributed by atoms with Crippen molar-refractivity contribution in [3.63, 3.8) is 0 Å². The van der Waals surface area contributed by atoms with Crippen LogP contribution in [-0.4, -0.2) is 24.7 Å². The Hall–Kier alpha value is -1.03. The summed E-state index contributed by atoms with van der Waals surface area (Å²) in [7, 11) is 1.89. The van der Waals surface area contributed by atoms with Crippen LogP contribution in [0.3, 0.4) is 0 Å². The summed E-state index contributed by atoms with van der Waals surface area (Å²) in [5.74, 6) is -1.13. The van der Waals surface area contributed by atoms with E-state index < -0.39 is 5.97 Å². The summed E-state index contributed by atoms with van der Waals surface area (Å²) in [5, 5.41) is 8.79. The third-order valence-corrected chi connectivity index (χ3v) is 2.77. The summed E-state index contributed by atoms with van der Waals surface area (Å²) in [6.45, 7) is 2.22. The van der Waals surface area contributed by atoms with Crippen molar-refractivity contribution in [2.45, 2.75) is 6.92 Å². The van der Waals surface area contributed by atoms with Crippen LogP contribution in [0.1, 0.15) is 6.92 Å². The molecular formula is C11H14BrNO2. The van der Waals surface area contributed by atoms with Crippen LogP contribution in [-0.2, 0) is 4.79 Å². The molecule has 0 aliphatic heterocycles. The summed E-state index contributed by atoms with van der Waals surface area (Å²) in [6.07, 6.45) is 0. The lowest BCUT2D eigenvalue weighted by Crippen LogP contribution is -2.28. The van der Waals surface area contributed by atoms with E-state index in [-0.39, 0.29) is 5.92 Å². The van der Waals surface area contributed by atoms with Crippen LogP contribution in [0.25, 0.3) is 0 Å². The summed E-state index contributed by atoms with van der Waals surface area (Å²) in [6, 6.07) is 7.80. The maximum atomic E-state index is 10.7. The number of halogens is 1. The van der Waals surface area contributed by atoms with Gasteiger partial charge < -0.3 is 10.0 Å². The Morgan fingerprint density at radius 2 is 2.00 bits per heavy atom. The lowest BCUT2D eigenvalue weighted by atomic mass is 10.1. The SMILES string of the molecule is CC(CN(C)c1ccc(Br)cc1)C(=O)O. The molecule has 4 heteroatoms. The van der Waals surface area contributed by atoms with Gasteiger partial charge in [0.1, 0.15) is 0 Å². The fraction of sp³-hybridized carbons (Fsp3) is 0.364. The average Bonchev–Trinajstić information content (AvgIpc) is 2.18. The molecule has 0 aromatic heterocycles. The van der Waals surface area contributed by atoms with E-state index in [0.717, 1.165) is 10.2 Å². The standard InChI is InChI=1S/C11H14BrNO2/c1-8(11(14)15)7-13(2)10-5-3-9(12)4-6-10/h3-6,8H,7H2,1-2H3,(H,14,15). The zero-order valence-electron chi connectivity index (χ0n) is 8.77. The van der Waals surface area contributed by atoms with E-state index >= 15 is 0 Å². The molecule has 0 spiro atoms. The molecule has 0 aliphatic carbocycles. The monoisotopic (exact) mass is 271 g/mol. The van der Waals surface area contributed by atoms with Gasteiger partial charge in [-0.05, 0) is 24.3 Å². The van der Waals surface area contributed by atoms with Gasteiger partial charge in [-0.15, -0.1) is 0 Å². The number of hydrogen-bond donors (Lipinski definition) is 1. The van der Waals surface area contributed by atoms with Crippen molar-refractivity contribution in [3.8, 4) is 0 Å². The zero-order chi connectivity index (χ0) is 11.4. The molecule has 0 radical (unpaired) electrons. The Morgan fingerprint density at radius 1 is 1.47 bits per heavy atom. The Kier molecular flexibility index (Phi) is 4.15. The van der Waals surface area contributed by atoms with E-state index in [0.29, 0.717) is 6.54 Å². The molecular weight excluding hydrogens is 258 g/mol. The van der Waals surface area contributed by atoms with Gasteiger partial charge in [0.25, 0.3) is 0 Å². The maximum Gasteiger partial charge on any atom is 0.308 e. The van der Waals surface area contributed by atoms with E-state index in [1.807, 2.05) is 36.2 Å². The highest BCUT2D eigenvalue weighted by Gasteiger charge is 2.13. The maximum absolute atomic E-state index is 10.7. The highest BCUT2D eigenvalue weighted by atomic mass is 79.9. The minimum atomic E-state index is -0.765. The van der Waals surface area contributed by atoms with Crippen molar-refractivity contribution in [1.29, 1.82) is 0 Å². The van der Waals surface area contributed by atoms with Gasteiger partial charge in [0.15, 0.2) is 0 Å². The smallest absolute Gasteiger partial charge is 0.308 e. The van der Waals surface area contributed by atoms with Crippen LogP contribution < -0.4 is 4.90 Å². The summed E-state index contributed by atoms with van der Waals surface area (Å²) >= 11 is 3.36. The molecule has 0 fully saturated rings. The minimum Gasteiger partial charge on any atom is -0.481 e. The zero-order valence-corrected chi connectivity index (χ0v) is 10.4. The Labute approximate surface area is 97.8 Å². The van der Waals surface area contributed by atoms with Gasteiger partial charge in [-0.3, -0.25) is 4.79 Å².